The Morgan fingerprint density at radius 3 is 1.29 bits per heavy atom. The van der Waals surface area contributed by atoms with Crippen molar-refractivity contribution in [3.8, 4) is 0 Å². The van der Waals surface area contributed by atoms with Gasteiger partial charge in [-0.1, -0.05) is 52.4 Å². The van der Waals surface area contributed by atoms with Crippen LogP contribution in [0.15, 0.2) is 0 Å². The topological polar surface area (TPSA) is 135 Å². The molecule has 7 nitrogen and oxygen atoms in total. The number of unbranched alkanes of at least 4 members (excludes halogenated alkanes) is 5. The van der Waals surface area contributed by atoms with Crippen molar-refractivity contribution in [1.82, 2.24) is 0 Å². The average Bonchev–Trinajstić information content (AvgIpc) is 2.32. The predicted octanol–water partition coefficient (Wildman–Crippen LogP) is -0.355. The quantitative estimate of drug-likeness (QED) is 0.313. The van der Waals surface area contributed by atoms with Gasteiger partial charge in [0, 0.05) is 0 Å². The molecule has 21 heavy (non-hydrogen) atoms. The van der Waals surface area contributed by atoms with E-state index in [-0.39, 0.29) is 42.4 Å². The monoisotopic (exact) mass is 336 g/mol. The molecule has 0 saturated heterocycles. The summed E-state index contributed by atoms with van der Waals surface area (Å²) >= 11 is -2.86. The van der Waals surface area contributed by atoms with Gasteiger partial charge in [-0.3, -0.25) is 9.59 Å². The van der Waals surface area contributed by atoms with Crippen molar-refractivity contribution in [1.29, 1.82) is 0 Å². The molecule has 0 heterocycles. The number of aliphatic carboxylic acids is 2. The zero-order valence-electron chi connectivity index (χ0n) is 13.0. The number of carbonyl (C=O) groups is 2. The molecule has 0 fully saturated rings. The standard InChI is InChI=1S/C8H18.C4H6O4.Na.H2O3S/c1-3-5-7-8-6-4-2;5-3(6)1-2-4(7)8;;1-4(2)3/h3-8H2,1-2H3;1-2H2,(H,5,6)(H,7,8);;(H2,1,2,3)/q;;+1;/p-1. The second kappa shape index (κ2) is 25.0. The van der Waals surface area contributed by atoms with E-state index in [0.717, 1.165) is 0 Å². The van der Waals surface area contributed by atoms with Crippen molar-refractivity contribution in [2.24, 2.45) is 0 Å². The molecule has 0 saturated carbocycles. The van der Waals surface area contributed by atoms with Crippen LogP contribution in [0.5, 0.6) is 0 Å². The third kappa shape index (κ3) is 64.8. The zero-order chi connectivity index (χ0) is 16.4. The summed E-state index contributed by atoms with van der Waals surface area (Å²) in [5, 5.41) is 15.8. The third-order valence-corrected chi connectivity index (χ3v) is 2.01. The maximum atomic E-state index is 9.64. The van der Waals surface area contributed by atoms with Gasteiger partial charge in [-0.05, 0) is 0 Å². The average molecular weight is 336 g/mol. The van der Waals surface area contributed by atoms with Crippen LogP contribution in [0.1, 0.15) is 65.2 Å². The largest absolute Gasteiger partial charge is 1.00 e. The van der Waals surface area contributed by atoms with Crippen LogP contribution in [0.25, 0.3) is 0 Å². The summed E-state index contributed by atoms with van der Waals surface area (Å²) in [5.74, 6) is -2.15. The molecule has 0 amide bonds. The Morgan fingerprint density at radius 1 is 0.905 bits per heavy atom. The Bertz CT molecular complexity index is 238. The summed E-state index contributed by atoms with van der Waals surface area (Å²) in [6.45, 7) is 4.51. The van der Waals surface area contributed by atoms with E-state index in [1.165, 1.54) is 38.5 Å². The Balaban J connectivity index is -0.000000107. The minimum absolute atomic E-state index is 0. The minimum Gasteiger partial charge on any atom is -0.750 e. The first-order chi connectivity index (χ1) is 9.27. The first kappa shape index (κ1) is 29.1. The van der Waals surface area contributed by atoms with Gasteiger partial charge in [0.05, 0.1) is 24.2 Å². The Morgan fingerprint density at radius 2 is 1.14 bits per heavy atom. The van der Waals surface area contributed by atoms with Crippen LogP contribution in [0, 0.1) is 0 Å². The molecule has 9 heteroatoms. The Kier molecular flexibility index (Phi) is 34.6. The summed E-state index contributed by atoms with van der Waals surface area (Å²) in [4.78, 5) is 19.3. The van der Waals surface area contributed by atoms with E-state index >= 15 is 0 Å². The van der Waals surface area contributed by atoms with Gasteiger partial charge in [-0.15, -0.1) is 0 Å². The molecule has 0 aromatic carbocycles. The normalized spacial score (nSPS) is 9.90. The van der Waals surface area contributed by atoms with Gasteiger partial charge in [0.1, 0.15) is 0 Å². The number of rotatable bonds is 8. The Labute approximate surface area is 150 Å². The van der Waals surface area contributed by atoms with Crippen LogP contribution in [-0.4, -0.2) is 35.5 Å². The van der Waals surface area contributed by atoms with Gasteiger partial charge in [-0.2, -0.15) is 0 Å². The molecule has 0 aromatic heterocycles. The molecule has 0 aliphatic carbocycles. The van der Waals surface area contributed by atoms with Crippen LogP contribution < -0.4 is 29.6 Å². The molecule has 0 aliphatic heterocycles. The summed E-state index contributed by atoms with van der Waals surface area (Å²) in [6.07, 6.45) is 7.90. The fraction of sp³-hybridized carbons (Fsp3) is 0.833. The smallest absolute Gasteiger partial charge is 0.750 e. The number of carboxylic acid groups (broad SMARTS) is 2. The van der Waals surface area contributed by atoms with Crippen LogP contribution in [0.2, 0.25) is 0 Å². The van der Waals surface area contributed by atoms with Crippen molar-refractivity contribution in [3.63, 3.8) is 0 Å². The van der Waals surface area contributed by atoms with Crippen molar-refractivity contribution >= 4 is 23.3 Å². The van der Waals surface area contributed by atoms with E-state index in [2.05, 4.69) is 13.8 Å². The zero-order valence-corrected chi connectivity index (χ0v) is 15.9. The van der Waals surface area contributed by atoms with Gasteiger partial charge in [0.25, 0.3) is 0 Å². The fourth-order valence-electron chi connectivity index (χ4n) is 1.07. The van der Waals surface area contributed by atoms with E-state index in [4.69, 9.17) is 23.5 Å². The minimum atomic E-state index is -2.86. The third-order valence-electron chi connectivity index (χ3n) is 2.01. The molecule has 0 aromatic rings. The molecule has 0 radical (unpaired) electrons. The first-order valence-corrected chi connectivity index (χ1v) is 7.52. The van der Waals surface area contributed by atoms with E-state index < -0.39 is 23.3 Å². The predicted molar refractivity (Wildman–Crippen MR) is 75.1 cm³/mol. The summed E-state index contributed by atoms with van der Waals surface area (Å²) in [5.41, 5.74) is 0. The number of carboxylic acids is 2. The molecule has 0 bridgehead atoms. The van der Waals surface area contributed by atoms with Crippen molar-refractivity contribution in [2.45, 2.75) is 65.2 Å². The molecule has 1 atom stereocenters. The maximum absolute atomic E-state index is 9.64. The molecule has 3 N–H and O–H groups in total. The second-order valence-electron chi connectivity index (χ2n) is 3.92. The summed E-state index contributed by atoms with van der Waals surface area (Å²) in [6, 6.07) is 0. The van der Waals surface area contributed by atoms with Gasteiger partial charge in [0.2, 0.25) is 0 Å². The molecule has 1 unspecified atom stereocenters. The van der Waals surface area contributed by atoms with E-state index in [0.29, 0.717) is 0 Å². The van der Waals surface area contributed by atoms with Crippen molar-refractivity contribution in [2.75, 3.05) is 0 Å². The van der Waals surface area contributed by atoms with Crippen molar-refractivity contribution < 1.29 is 62.7 Å². The maximum Gasteiger partial charge on any atom is 1.00 e. The second-order valence-corrected chi connectivity index (χ2v) is 4.35. The molecular weight excluding hydrogens is 311 g/mol. The van der Waals surface area contributed by atoms with E-state index in [1.807, 2.05) is 0 Å². The van der Waals surface area contributed by atoms with E-state index in [9.17, 15) is 9.59 Å². The van der Waals surface area contributed by atoms with Crippen LogP contribution >= 0.6 is 0 Å². The van der Waals surface area contributed by atoms with Gasteiger partial charge >= 0.3 is 41.5 Å². The van der Waals surface area contributed by atoms with Crippen LogP contribution in [0.3, 0.4) is 0 Å². The van der Waals surface area contributed by atoms with Gasteiger partial charge in [-0.25, -0.2) is 4.21 Å². The number of hydrogen-bond donors (Lipinski definition) is 3. The van der Waals surface area contributed by atoms with Crippen molar-refractivity contribution in [3.05, 3.63) is 0 Å². The van der Waals surface area contributed by atoms with Gasteiger partial charge in [0.15, 0.2) is 0 Å². The molecule has 0 spiro atoms. The van der Waals surface area contributed by atoms with Crippen LogP contribution in [-0.2, 0) is 21.0 Å². The van der Waals surface area contributed by atoms with Gasteiger partial charge < -0.3 is 19.3 Å². The van der Waals surface area contributed by atoms with E-state index in [1.54, 1.807) is 0 Å². The fourth-order valence-corrected chi connectivity index (χ4v) is 1.07. The molecule has 0 aliphatic rings. The van der Waals surface area contributed by atoms with Crippen LogP contribution in [0.4, 0.5) is 0 Å². The summed E-state index contributed by atoms with van der Waals surface area (Å²) in [7, 11) is 0. The summed E-state index contributed by atoms with van der Waals surface area (Å²) < 4.78 is 24.1. The SMILES string of the molecule is CCCCCCCC.O=C(O)CCC(=O)O.O=S([O-])O.[Na+]. The molecule has 122 valence electrons. The first-order valence-electron chi connectivity index (χ1n) is 6.49. The number of hydrogen-bond acceptors (Lipinski definition) is 4. The molecular formula is C12H25NaO7S. The molecule has 0 rings (SSSR count). The Hall–Kier alpha value is 0.01000.